The fourth-order valence-corrected chi connectivity index (χ4v) is 3.55. The Morgan fingerprint density at radius 1 is 1.27 bits per heavy atom. The first-order valence-electron chi connectivity index (χ1n) is 10.7. The fourth-order valence-electron chi connectivity index (χ4n) is 3.55. The molecule has 1 aliphatic rings. The van der Waals surface area contributed by atoms with Crippen molar-refractivity contribution in [3.8, 4) is 0 Å². The molecule has 2 rings (SSSR count). The minimum absolute atomic E-state index is 0. The van der Waals surface area contributed by atoms with E-state index in [-0.39, 0.29) is 41.7 Å². The van der Waals surface area contributed by atoms with Crippen molar-refractivity contribution >= 4 is 35.8 Å². The number of guanidine groups is 1. The van der Waals surface area contributed by atoms with Crippen LogP contribution in [0.4, 0.5) is 4.39 Å². The highest BCUT2D eigenvalue weighted by atomic mass is 127. The molecule has 1 aromatic carbocycles. The molecule has 0 bridgehead atoms. The molecular formula is C22H37FIN5O. The number of rotatable bonds is 9. The summed E-state index contributed by atoms with van der Waals surface area (Å²) in [6.07, 6.45) is 4.84. The molecule has 8 heteroatoms. The molecule has 6 nitrogen and oxygen atoms in total. The number of likely N-dealkylation sites (N-methyl/N-ethyl adjacent to an activating group) is 1. The lowest BCUT2D eigenvalue weighted by molar-refractivity contribution is -0.130. The third-order valence-electron chi connectivity index (χ3n) is 5.19. The Morgan fingerprint density at radius 3 is 2.77 bits per heavy atom. The number of carbonyl (C=O) groups is 1. The maximum atomic E-state index is 13.6. The van der Waals surface area contributed by atoms with Crippen LogP contribution in [0.5, 0.6) is 0 Å². The van der Waals surface area contributed by atoms with Crippen LogP contribution in [-0.4, -0.2) is 68.5 Å². The van der Waals surface area contributed by atoms with E-state index in [1.807, 2.05) is 36.9 Å². The van der Waals surface area contributed by atoms with Gasteiger partial charge in [-0.1, -0.05) is 18.6 Å². The number of benzene rings is 1. The van der Waals surface area contributed by atoms with Crippen LogP contribution in [0.1, 0.15) is 50.6 Å². The average Bonchev–Trinajstić information content (AvgIpc) is 2.89. The molecule has 2 N–H and O–H groups in total. The van der Waals surface area contributed by atoms with E-state index in [9.17, 15) is 9.18 Å². The Kier molecular flexibility index (Phi) is 12.9. The predicted octanol–water partition coefficient (Wildman–Crippen LogP) is 3.39. The second kappa shape index (κ2) is 14.6. The highest BCUT2D eigenvalue weighted by Crippen LogP contribution is 2.19. The van der Waals surface area contributed by atoms with E-state index in [1.165, 1.54) is 6.07 Å². The molecule has 1 fully saturated rings. The lowest BCUT2D eigenvalue weighted by Gasteiger charge is -2.24. The molecule has 0 spiro atoms. The molecule has 170 valence electrons. The van der Waals surface area contributed by atoms with Crippen LogP contribution in [0.2, 0.25) is 0 Å². The van der Waals surface area contributed by atoms with Crippen LogP contribution in [0.25, 0.3) is 0 Å². The van der Waals surface area contributed by atoms with Crippen molar-refractivity contribution < 1.29 is 9.18 Å². The summed E-state index contributed by atoms with van der Waals surface area (Å²) in [6.45, 7) is 5.74. The summed E-state index contributed by atoms with van der Waals surface area (Å²) < 4.78 is 13.6. The quantitative estimate of drug-likeness (QED) is 0.221. The number of hydrogen-bond donors (Lipinski definition) is 2. The second-order valence-corrected chi connectivity index (χ2v) is 7.73. The van der Waals surface area contributed by atoms with Crippen molar-refractivity contribution in [2.45, 2.75) is 45.1 Å². The number of nitrogens with one attached hydrogen (secondary N) is 2. The summed E-state index contributed by atoms with van der Waals surface area (Å²) in [5.74, 6) is 0.802. The summed E-state index contributed by atoms with van der Waals surface area (Å²) >= 11 is 0. The Hall–Kier alpha value is -1.42. The molecule has 0 aromatic heterocycles. The first-order chi connectivity index (χ1) is 14.0. The van der Waals surface area contributed by atoms with E-state index in [1.54, 1.807) is 12.1 Å². The van der Waals surface area contributed by atoms with Gasteiger partial charge in [0.2, 0.25) is 5.91 Å². The molecule has 0 saturated carbocycles. The molecule has 1 amide bonds. The molecule has 1 saturated heterocycles. The monoisotopic (exact) mass is 533 g/mol. The van der Waals surface area contributed by atoms with Crippen molar-refractivity contribution in [3.63, 3.8) is 0 Å². The van der Waals surface area contributed by atoms with Crippen LogP contribution >= 0.6 is 24.0 Å². The van der Waals surface area contributed by atoms with Crippen LogP contribution in [0.15, 0.2) is 29.3 Å². The van der Waals surface area contributed by atoms with Gasteiger partial charge >= 0.3 is 0 Å². The summed E-state index contributed by atoms with van der Waals surface area (Å²) in [5.41, 5.74) is 0.911. The van der Waals surface area contributed by atoms with Crippen molar-refractivity contribution in [1.82, 2.24) is 20.4 Å². The van der Waals surface area contributed by atoms with Gasteiger partial charge in [-0.2, -0.15) is 0 Å². The van der Waals surface area contributed by atoms with Gasteiger partial charge in [0.1, 0.15) is 5.82 Å². The number of nitrogens with zero attached hydrogens (tertiary/aromatic N) is 3. The number of hydrogen-bond acceptors (Lipinski definition) is 3. The van der Waals surface area contributed by atoms with Gasteiger partial charge in [-0.05, 0) is 58.0 Å². The summed E-state index contributed by atoms with van der Waals surface area (Å²) in [5, 5.41) is 6.62. The maximum absolute atomic E-state index is 13.6. The lowest BCUT2D eigenvalue weighted by atomic mass is 10.1. The molecule has 1 atom stereocenters. The smallest absolute Gasteiger partial charge is 0.222 e. The van der Waals surface area contributed by atoms with Gasteiger partial charge in [0.25, 0.3) is 0 Å². The minimum atomic E-state index is -0.230. The molecule has 30 heavy (non-hydrogen) atoms. The number of carbonyl (C=O) groups excluding carboxylic acids is 1. The zero-order chi connectivity index (χ0) is 21.1. The first-order valence-corrected chi connectivity index (χ1v) is 10.7. The Balaban J connectivity index is 0.00000450. The molecule has 1 unspecified atom stereocenters. The van der Waals surface area contributed by atoms with Gasteiger partial charge in [-0.25, -0.2) is 4.39 Å². The van der Waals surface area contributed by atoms with Crippen LogP contribution in [0.3, 0.4) is 0 Å². The Bertz CT molecular complexity index is 671. The Morgan fingerprint density at radius 2 is 2.07 bits per heavy atom. The SMILES string of the molecule is CCNC(=NCC(c1cccc(F)c1)N(C)C)NCCCN1CCCCCC1=O.I. The van der Waals surface area contributed by atoms with E-state index in [0.29, 0.717) is 13.0 Å². The topological polar surface area (TPSA) is 60.0 Å². The van der Waals surface area contributed by atoms with Crippen molar-refractivity contribution in [2.24, 2.45) is 4.99 Å². The number of halogens is 2. The van der Waals surface area contributed by atoms with Gasteiger partial charge < -0.3 is 20.4 Å². The molecule has 0 radical (unpaired) electrons. The highest BCUT2D eigenvalue weighted by molar-refractivity contribution is 14.0. The van der Waals surface area contributed by atoms with Crippen LogP contribution in [0, 0.1) is 5.82 Å². The molecule has 1 aromatic rings. The summed E-state index contributed by atoms with van der Waals surface area (Å²) in [6, 6.07) is 6.69. The molecular weight excluding hydrogens is 496 g/mol. The zero-order valence-electron chi connectivity index (χ0n) is 18.5. The largest absolute Gasteiger partial charge is 0.357 e. The summed E-state index contributed by atoms with van der Waals surface area (Å²) in [4.78, 5) is 20.8. The first kappa shape index (κ1) is 26.6. The van der Waals surface area contributed by atoms with Crippen molar-refractivity contribution in [2.75, 3.05) is 46.8 Å². The van der Waals surface area contributed by atoms with Crippen molar-refractivity contribution in [1.29, 1.82) is 0 Å². The molecule has 0 aliphatic carbocycles. The zero-order valence-corrected chi connectivity index (χ0v) is 20.8. The van der Waals surface area contributed by atoms with Gasteiger partial charge in [-0.3, -0.25) is 9.79 Å². The predicted molar refractivity (Wildman–Crippen MR) is 132 cm³/mol. The van der Waals surface area contributed by atoms with E-state index >= 15 is 0 Å². The van der Waals surface area contributed by atoms with Gasteiger partial charge in [0.15, 0.2) is 5.96 Å². The number of aliphatic imine (C=N–C) groups is 1. The van der Waals surface area contributed by atoms with Crippen molar-refractivity contribution in [3.05, 3.63) is 35.6 Å². The number of amides is 1. The second-order valence-electron chi connectivity index (χ2n) is 7.73. The molecule has 1 heterocycles. The third kappa shape index (κ3) is 9.16. The van der Waals surface area contributed by atoms with E-state index in [4.69, 9.17) is 4.99 Å². The lowest BCUT2D eigenvalue weighted by Crippen LogP contribution is -2.40. The van der Waals surface area contributed by atoms with Gasteiger partial charge in [-0.15, -0.1) is 24.0 Å². The van der Waals surface area contributed by atoms with Gasteiger partial charge in [0.05, 0.1) is 12.6 Å². The normalized spacial score (nSPS) is 16.1. The Labute approximate surface area is 197 Å². The van der Waals surface area contributed by atoms with E-state index in [0.717, 1.165) is 63.4 Å². The highest BCUT2D eigenvalue weighted by Gasteiger charge is 2.16. The average molecular weight is 533 g/mol. The maximum Gasteiger partial charge on any atom is 0.222 e. The summed E-state index contributed by atoms with van der Waals surface area (Å²) in [7, 11) is 3.95. The number of likely N-dealkylation sites (tertiary alicyclic amines) is 1. The fraction of sp³-hybridized carbons (Fsp3) is 0.636. The van der Waals surface area contributed by atoms with Gasteiger partial charge in [0, 0.05) is 32.6 Å². The van der Waals surface area contributed by atoms with Crippen LogP contribution in [-0.2, 0) is 4.79 Å². The third-order valence-corrected chi connectivity index (χ3v) is 5.19. The minimum Gasteiger partial charge on any atom is -0.357 e. The van der Waals surface area contributed by atoms with E-state index in [2.05, 4.69) is 10.6 Å². The molecule has 1 aliphatic heterocycles. The van der Waals surface area contributed by atoms with Crippen LogP contribution < -0.4 is 10.6 Å². The van der Waals surface area contributed by atoms with E-state index < -0.39 is 0 Å². The standard InChI is InChI=1S/C22H36FN5O.HI/c1-4-24-22(25-13-9-15-28-14-7-5-6-12-21(28)29)26-17-20(27(2)3)18-10-8-11-19(23)16-18;/h8,10-11,16,20H,4-7,9,12-15,17H2,1-3H3,(H2,24,25,26);1H.